The summed E-state index contributed by atoms with van der Waals surface area (Å²) in [6.45, 7) is 4.18. The van der Waals surface area contributed by atoms with Crippen molar-refractivity contribution in [2.75, 3.05) is 25.1 Å². The van der Waals surface area contributed by atoms with Crippen molar-refractivity contribution in [2.45, 2.75) is 19.8 Å². The third kappa shape index (κ3) is 4.36. The molecule has 2 aromatic rings. The number of halogens is 1. The van der Waals surface area contributed by atoms with Gasteiger partial charge in [0.15, 0.2) is 5.75 Å². The average molecular weight is 363 g/mol. The summed E-state index contributed by atoms with van der Waals surface area (Å²) in [7, 11) is 1.30. The fraction of sp³-hybridized carbons (Fsp3) is 0.412. The summed E-state index contributed by atoms with van der Waals surface area (Å²) < 4.78 is 10.3. The molecule has 2 aromatic heterocycles. The Bertz CT molecular complexity index is 746. The number of piperidine rings is 1. The average Bonchev–Trinajstić information content (AvgIpc) is 2.62. The van der Waals surface area contributed by atoms with Gasteiger partial charge in [-0.1, -0.05) is 18.5 Å². The van der Waals surface area contributed by atoms with Crippen LogP contribution in [0.1, 0.15) is 30.1 Å². The van der Waals surface area contributed by atoms with Crippen LogP contribution in [0.3, 0.4) is 0 Å². The van der Waals surface area contributed by atoms with Crippen LogP contribution in [0.25, 0.3) is 0 Å². The molecule has 8 heteroatoms. The largest absolute Gasteiger partial charge is 0.465 e. The highest BCUT2D eigenvalue weighted by molar-refractivity contribution is 6.29. The van der Waals surface area contributed by atoms with Gasteiger partial charge in [-0.05, 0) is 24.8 Å². The molecule has 25 heavy (non-hydrogen) atoms. The molecular weight excluding hydrogens is 344 g/mol. The second-order valence-electron chi connectivity index (χ2n) is 6.00. The zero-order chi connectivity index (χ0) is 17.8. The lowest BCUT2D eigenvalue weighted by Crippen LogP contribution is -2.33. The van der Waals surface area contributed by atoms with Crippen LogP contribution in [0.2, 0.25) is 5.15 Å². The smallest absolute Gasteiger partial charge is 0.338 e. The van der Waals surface area contributed by atoms with Crippen LogP contribution in [0.4, 0.5) is 5.95 Å². The van der Waals surface area contributed by atoms with E-state index in [4.69, 9.17) is 16.3 Å². The molecule has 1 aliphatic rings. The van der Waals surface area contributed by atoms with Crippen LogP contribution in [-0.2, 0) is 4.74 Å². The SMILES string of the molecule is COC(=O)c1cc(Cl)nc(Oc2cnc(N3CCC(C)CC3)nc2)c1. The minimum absolute atomic E-state index is 0.137. The number of methoxy groups -OCH3 is 1. The molecule has 0 aromatic carbocycles. The second-order valence-corrected chi connectivity index (χ2v) is 6.39. The quantitative estimate of drug-likeness (QED) is 0.609. The Balaban J connectivity index is 1.71. The lowest BCUT2D eigenvalue weighted by molar-refractivity contribution is 0.0600. The first-order chi connectivity index (χ1) is 12.0. The molecule has 0 atom stereocenters. The molecule has 0 saturated carbocycles. The van der Waals surface area contributed by atoms with Gasteiger partial charge in [0.05, 0.1) is 25.1 Å². The van der Waals surface area contributed by atoms with E-state index in [1.165, 1.54) is 19.2 Å². The van der Waals surface area contributed by atoms with Crippen molar-refractivity contribution in [3.63, 3.8) is 0 Å². The van der Waals surface area contributed by atoms with Gasteiger partial charge in [0.2, 0.25) is 11.8 Å². The van der Waals surface area contributed by atoms with Crippen LogP contribution in [0.5, 0.6) is 11.6 Å². The summed E-state index contributed by atoms with van der Waals surface area (Å²) in [6.07, 6.45) is 5.45. The van der Waals surface area contributed by atoms with E-state index >= 15 is 0 Å². The van der Waals surface area contributed by atoms with Crippen molar-refractivity contribution < 1.29 is 14.3 Å². The molecule has 3 heterocycles. The van der Waals surface area contributed by atoms with Crippen LogP contribution < -0.4 is 9.64 Å². The van der Waals surface area contributed by atoms with Crippen LogP contribution in [0.15, 0.2) is 24.5 Å². The van der Waals surface area contributed by atoms with E-state index in [1.807, 2.05) is 0 Å². The molecule has 0 N–H and O–H groups in total. The van der Waals surface area contributed by atoms with Crippen molar-refractivity contribution in [3.8, 4) is 11.6 Å². The van der Waals surface area contributed by atoms with Gasteiger partial charge >= 0.3 is 5.97 Å². The Kier molecular flexibility index (Phi) is 5.33. The van der Waals surface area contributed by atoms with Crippen LogP contribution in [0, 0.1) is 5.92 Å². The van der Waals surface area contributed by atoms with E-state index in [2.05, 4.69) is 31.5 Å². The zero-order valence-corrected chi connectivity index (χ0v) is 14.9. The lowest BCUT2D eigenvalue weighted by atomic mass is 10.00. The van der Waals surface area contributed by atoms with E-state index in [0.29, 0.717) is 11.7 Å². The summed E-state index contributed by atoms with van der Waals surface area (Å²) >= 11 is 5.92. The third-order valence-corrected chi connectivity index (χ3v) is 4.29. The van der Waals surface area contributed by atoms with Crippen molar-refractivity contribution >= 4 is 23.5 Å². The molecule has 0 spiro atoms. The normalized spacial score (nSPS) is 15.1. The number of pyridine rings is 1. The fourth-order valence-electron chi connectivity index (χ4n) is 2.62. The number of nitrogens with zero attached hydrogens (tertiary/aromatic N) is 4. The van der Waals surface area contributed by atoms with E-state index in [0.717, 1.165) is 31.8 Å². The molecule has 7 nitrogen and oxygen atoms in total. The maximum absolute atomic E-state index is 11.6. The molecule has 132 valence electrons. The monoisotopic (exact) mass is 362 g/mol. The number of hydrogen-bond acceptors (Lipinski definition) is 7. The topological polar surface area (TPSA) is 77.4 Å². The number of ether oxygens (including phenoxy) is 2. The Morgan fingerprint density at radius 3 is 2.56 bits per heavy atom. The second kappa shape index (κ2) is 7.65. The summed E-state index contributed by atoms with van der Waals surface area (Å²) in [4.78, 5) is 26.5. The molecule has 1 fully saturated rings. The molecule has 0 amide bonds. The standard InChI is InChI=1S/C17H19ClN4O3/c1-11-3-5-22(6-4-11)17-19-9-13(10-20-17)25-15-8-12(16(23)24-2)7-14(18)21-15/h7-11H,3-6H2,1-2H3. The van der Waals surface area contributed by atoms with E-state index in [9.17, 15) is 4.79 Å². The third-order valence-electron chi connectivity index (χ3n) is 4.10. The Labute approximate surface area is 151 Å². The lowest BCUT2D eigenvalue weighted by Gasteiger charge is -2.30. The predicted octanol–water partition coefficient (Wildman–Crippen LogP) is 3.34. The summed E-state index contributed by atoms with van der Waals surface area (Å²) in [5, 5.41) is 0.137. The van der Waals surface area contributed by atoms with Gasteiger partial charge in [-0.15, -0.1) is 0 Å². The van der Waals surface area contributed by atoms with Crippen molar-refractivity contribution in [3.05, 3.63) is 35.2 Å². The molecule has 0 bridgehead atoms. The maximum atomic E-state index is 11.6. The molecule has 1 aliphatic heterocycles. The number of esters is 1. The number of hydrogen-bond donors (Lipinski definition) is 0. The number of carbonyl (C=O) groups excluding carboxylic acids is 1. The first kappa shape index (κ1) is 17.4. The van der Waals surface area contributed by atoms with E-state index in [-0.39, 0.29) is 16.6 Å². The van der Waals surface area contributed by atoms with E-state index in [1.54, 1.807) is 12.4 Å². The predicted molar refractivity (Wildman–Crippen MR) is 93.3 cm³/mol. The summed E-state index contributed by atoms with van der Waals surface area (Å²) in [5.41, 5.74) is 0.262. The summed E-state index contributed by atoms with van der Waals surface area (Å²) in [5.74, 6) is 1.51. The van der Waals surface area contributed by atoms with Gasteiger partial charge in [-0.3, -0.25) is 0 Å². The fourth-order valence-corrected chi connectivity index (χ4v) is 2.82. The first-order valence-corrected chi connectivity index (χ1v) is 8.43. The molecule has 0 unspecified atom stereocenters. The number of aromatic nitrogens is 3. The number of carbonyl (C=O) groups is 1. The summed E-state index contributed by atoms with van der Waals surface area (Å²) in [6, 6.07) is 2.87. The number of rotatable bonds is 4. The van der Waals surface area contributed by atoms with Crippen molar-refractivity contribution in [1.29, 1.82) is 0 Å². The Hall–Kier alpha value is -2.41. The Morgan fingerprint density at radius 1 is 1.24 bits per heavy atom. The molecular formula is C17H19ClN4O3. The minimum Gasteiger partial charge on any atom is -0.465 e. The molecule has 0 radical (unpaired) electrons. The molecule has 0 aliphatic carbocycles. The highest BCUT2D eigenvalue weighted by Crippen LogP contribution is 2.24. The zero-order valence-electron chi connectivity index (χ0n) is 14.1. The van der Waals surface area contributed by atoms with Crippen LogP contribution in [-0.4, -0.2) is 41.1 Å². The highest BCUT2D eigenvalue weighted by atomic mass is 35.5. The van der Waals surface area contributed by atoms with E-state index < -0.39 is 5.97 Å². The van der Waals surface area contributed by atoms with Crippen LogP contribution >= 0.6 is 11.6 Å². The molecule has 1 saturated heterocycles. The minimum atomic E-state index is -0.514. The Morgan fingerprint density at radius 2 is 1.92 bits per heavy atom. The van der Waals surface area contributed by atoms with Crippen molar-refractivity contribution in [1.82, 2.24) is 15.0 Å². The van der Waals surface area contributed by atoms with Gasteiger partial charge in [-0.25, -0.2) is 19.7 Å². The molecule has 3 rings (SSSR count). The van der Waals surface area contributed by atoms with Gasteiger partial charge in [0.1, 0.15) is 5.15 Å². The first-order valence-electron chi connectivity index (χ1n) is 8.06. The van der Waals surface area contributed by atoms with Gasteiger partial charge < -0.3 is 14.4 Å². The number of anilines is 1. The van der Waals surface area contributed by atoms with Gasteiger partial charge in [-0.2, -0.15) is 0 Å². The van der Waals surface area contributed by atoms with Gasteiger partial charge in [0, 0.05) is 19.2 Å². The highest BCUT2D eigenvalue weighted by Gasteiger charge is 2.18. The van der Waals surface area contributed by atoms with Crippen molar-refractivity contribution in [2.24, 2.45) is 5.92 Å². The maximum Gasteiger partial charge on any atom is 0.338 e. The van der Waals surface area contributed by atoms with Gasteiger partial charge in [0.25, 0.3) is 0 Å².